The third-order valence-corrected chi connectivity index (χ3v) is 3.59. The summed E-state index contributed by atoms with van der Waals surface area (Å²) in [5, 5.41) is 17.1. The van der Waals surface area contributed by atoms with Crippen molar-refractivity contribution >= 4 is 23.6 Å². The number of carboxylic acid groups (broad SMARTS) is 1. The van der Waals surface area contributed by atoms with Gasteiger partial charge in [-0.15, -0.1) is 0 Å². The highest BCUT2D eigenvalue weighted by Crippen LogP contribution is 2.19. The van der Waals surface area contributed by atoms with Crippen LogP contribution in [-0.4, -0.2) is 48.3 Å². The van der Waals surface area contributed by atoms with E-state index in [2.05, 4.69) is 16.0 Å². The number of hydrogen-bond acceptors (Lipinski definition) is 4. The van der Waals surface area contributed by atoms with Crippen molar-refractivity contribution in [3.8, 4) is 0 Å². The Kier molecular flexibility index (Phi) is 5.40. The molecule has 1 saturated carbocycles. The first-order chi connectivity index (χ1) is 11.3. The van der Waals surface area contributed by atoms with Crippen LogP contribution < -0.4 is 16.0 Å². The van der Waals surface area contributed by atoms with Crippen LogP contribution in [0.5, 0.6) is 0 Å². The summed E-state index contributed by atoms with van der Waals surface area (Å²) >= 11 is 0. The summed E-state index contributed by atoms with van der Waals surface area (Å²) in [5.74, 6) is -1.76. The van der Waals surface area contributed by atoms with E-state index >= 15 is 0 Å². The number of urea groups is 1. The van der Waals surface area contributed by atoms with Gasteiger partial charge in [0, 0.05) is 24.4 Å². The highest BCUT2D eigenvalue weighted by Gasteiger charge is 2.35. The molecule has 3 amide bonds. The molecule has 2 rings (SSSR count). The largest absolute Gasteiger partial charge is 0.479 e. The predicted octanol–water partition coefficient (Wildman–Crippen LogP) is 1.19. The third kappa shape index (κ3) is 4.69. The fourth-order valence-electron chi connectivity index (χ4n) is 2.08. The van der Waals surface area contributed by atoms with E-state index < -0.39 is 17.4 Å². The highest BCUT2D eigenvalue weighted by atomic mass is 16.5. The molecule has 1 aromatic rings. The summed E-state index contributed by atoms with van der Waals surface area (Å²) in [6.07, 6.45) is 1.95. The topological polar surface area (TPSA) is 117 Å². The van der Waals surface area contributed by atoms with Crippen LogP contribution >= 0.6 is 0 Å². The fraction of sp³-hybridized carbons (Fsp3) is 0.438. The number of carbonyl (C=O) groups excluding carboxylic acids is 2. The number of nitrogens with one attached hydrogen (secondary N) is 3. The molecule has 0 aromatic heterocycles. The van der Waals surface area contributed by atoms with Crippen LogP contribution in [0.1, 0.15) is 30.1 Å². The van der Waals surface area contributed by atoms with Gasteiger partial charge in [-0.3, -0.25) is 4.79 Å². The van der Waals surface area contributed by atoms with Crippen LogP contribution in [-0.2, 0) is 9.53 Å². The summed E-state index contributed by atoms with van der Waals surface area (Å²) < 4.78 is 4.86. The number of methoxy groups -OCH3 is 1. The smallest absolute Gasteiger partial charge is 0.331 e. The van der Waals surface area contributed by atoms with Crippen molar-refractivity contribution in [3.05, 3.63) is 29.8 Å². The van der Waals surface area contributed by atoms with Gasteiger partial charge in [0.2, 0.25) is 0 Å². The van der Waals surface area contributed by atoms with Crippen molar-refractivity contribution in [2.45, 2.75) is 31.3 Å². The number of rotatable bonds is 7. The predicted molar refractivity (Wildman–Crippen MR) is 87.0 cm³/mol. The van der Waals surface area contributed by atoms with Crippen molar-refractivity contribution in [2.24, 2.45) is 0 Å². The maximum Gasteiger partial charge on any atom is 0.331 e. The molecule has 1 aliphatic carbocycles. The zero-order valence-electron chi connectivity index (χ0n) is 13.6. The molecule has 1 unspecified atom stereocenters. The third-order valence-electron chi connectivity index (χ3n) is 3.59. The van der Waals surface area contributed by atoms with Crippen LogP contribution in [0.4, 0.5) is 10.5 Å². The molecule has 24 heavy (non-hydrogen) atoms. The molecule has 1 aliphatic rings. The van der Waals surface area contributed by atoms with E-state index in [0.717, 1.165) is 12.8 Å². The number of amides is 3. The Balaban J connectivity index is 2.04. The lowest BCUT2D eigenvalue weighted by Gasteiger charge is -2.25. The van der Waals surface area contributed by atoms with Gasteiger partial charge in [0.05, 0.1) is 6.61 Å². The molecule has 1 aromatic carbocycles. The maximum atomic E-state index is 12.3. The highest BCUT2D eigenvalue weighted by molar-refractivity contribution is 5.99. The molecule has 1 fully saturated rings. The first-order valence-corrected chi connectivity index (χ1v) is 7.56. The van der Waals surface area contributed by atoms with Crippen molar-refractivity contribution in [3.63, 3.8) is 0 Å². The Labute approximate surface area is 139 Å². The Bertz CT molecular complexity index is 644. The summed E-state index contributed by atoms with van der Waals surface area (Å²) in [4.78, 5) is 35.4. The summed E-state index contributed by atoms with van der Waals surface area (Å²) in [5.41, 5.74) is -0.856. The van der Waals surface area contributed by atoms with E-state index in [0.29, 0.717) is 5.69 Å². The van der Waals surface area contributed by atoms with Gasteiger partial charge in [-0.1, -0.05) is 6.07 Å². The first-order valence-electron chi connectivity index (χ1n) is 7.56. The van der Waals surface area contributed by atoms with Crippen LogP contribution in [0.25, 0.3) is 0 Å². The lowest BCUT2D eigenvalue weighted by molar-refractivity contribution is -0.145. The lowest BCUT2D eigenvalue weighted by Crippen LogP contribution is -2.55. The second-order valence-electron chi connectivity index (χ2n) is 5.98. The number of carbonyl (C=O) groups is 3. The van der Waals surface area contributed by atoms with Crippen molar-refractivity contribution in [1.82, 2.24) is 10.6 Å². The fourth-order valence-corrected chi connectivity index (χ4v) is 2.08. The molecular weight excluding hydrogens is 314 g/mol. The van der Waals surface area contributed by atoms with Gasteiger partial charge in [-0.05, 0) is 38.0 Å². The molecule has 0 bridgehead atoms. The second-order valence-corrected chi connectivity index (χ2v) is 5.98. The molecule has 0 aliphatic heterocycles. The van der Waals surface area contributed by atoms with Crippen LogP contribution in [0, 0.1) is 0 Å². The number of anilines is 1. The monoisotopic (exact) mass is 335 g/mol. The molecule has 0 radical (unpaired) electrons. The molecule has 1 atom stereocenters. The normalized spacial score (nSPS) is 15.9. The Morgan fingerprint density at radius 1 is 1.33 bits per heavy atom. The molecule has 8 nitrogen and oxygen atoms in total. The van der Waals surface area contributed by atoms with Crippen molar-refractivity contribution in [1.29, 1.82) is 0 Å². The SMILES string of the molecule is COCC(C)(NC(=O)c1cccc(NC(=O)NC2CC2)c1)C(=O)O. The standard InChI is InChI=1S/C16H21N3O5/c1-16(9-24-2,14(21)22)19-13(20)10-4-3-5-12(8-10)18-15(23)17-11-6-7-11/h3-5,8,11H,6-7,9H2,1-2H3,(H,19,20)(H,21,22)(H2,17,18,23). The molecule has 4 N–H and O–H groups in total. The van der Waals surface area contributed by atoms with Gasteiger partial charge in [-0.25, -0.2) is 9.59 Å². The molecule has 0 heterocycles. The Hall–Kier alpha value is -2.61. The van der Waals surface area contributed by atoms with Gasteiger partial charge in [0.15, 0.2) is 5.54 Å². The number of carboxylic acids is 1. The summed E-state index contributed by atoms with van der Waals surface area (Å²) in [6.45, 7) is 1.19. The van der Waals surface area contributed by atoms with E-state index in [1.165, 1.54) is 26.2 Å². The van der Waals surface area contributed by atoms with Crippen LogP contribution in [0.3, 0.4) is 0 Å². The number of benzene rings is 1. The van der Waals surface area contributed by atoms with E-state index in [1.54, 1.807) is 12.1 Å². The van der Waals surface area contributed by atoms with E-state index in [4.69, 9.17) is 4.74 Å². The molecule has 8 heteroatoms. The molecular formula is C16H21N3O5. The van der Waals surface area contributed by atoms with Crippen LogP contribution in [0.15, 0.2) is 24.3 Å². The molecule has 0 spiro atoms. The van der Waals surface area contributed by atoms with E-state index in [-0.39, 0.29) is 24.2 Å². The Morgan fingerprint density at radius 3 is 2.62 bits per heavy atom. The zero-order chi connectivity index (χ0) is 17.7. The van der Waals surface area contributed by atoms with Gasteiger partial charge < -0.3 is 25.8 Å². The average Bonchev–Trinajstić information content (AvgIpc) is 3.31. The lowest BCUT2D eigenvalue weighted by atomic mass is 10.0. The summed E-state index contributed by atoms with van der Waals surface area (Å²) in [6, 6.07) is 6.17. The zero-order valence-corrected chi connectivity index (χ0v) is 13.6. The second kappa shape index (κ2) is 7.31. The van der Waals surface area contributed by atoms with Gasteiger partial charge in [0.25, 0.3) is 5.91 Å². The van der Waals surface area contributed by atoms with Gasteiger partial charge >= 0.3 is 12.0 Å². The summed E-state index contributed by atoms with van der Waals surface area (Å²) in [7, 11) is 1.36. The Morgan fingerprint density at radius 2 is 2.04 bits per heavy atom. The van der Waals surface area contributed by atoms with Crippen molar-refractivity contribution < 1.29 is 24.2 Å². The quantitative estimate of drug-likeness (QED) is 0.597. The van der Waals surface area contributed by atoms with Gasteiger partial charge in [-0.2, -0.15) is 0 Å². The van der Waals surface area contributed by atoms with Gasteiger partial charge in [0.1, 0.15) is 0 Å². The van der Waals surface area contributed by atoms with Crippen molar-refractivity contribution in [2.75, 3.05) is 19.0 Å². The first kappa shape index (κ1) is 17.7. The minimum absolute atomic E-state index is 0.171. The average molecular weight is 335 g/mol. The number of aliphatic carboxylic acids is 1. The minimum atomic E-state index is -1.54. The van der Waals surface area contributed by atoms with E-state index in [9.17, 15) is 19.5 Å². The maximum absolute atomic E-state index is 12.3. The number of hydrogen-bond donors (Lipinski definition) is 4. The minimum Gasteiger partial charge on any atom is -0.479 e. The number of ether oxygens (including phenoxy) is 1. The molecule has 130 valence electrons. The van der Waals surface area contributed by atoms with Crippen LogP contribution in [0.2, 0.25) is 0 Å². The van der Waals surface area contributed by atoms with E-state index in [1.807, 2.05) is 0 Å². The molecule has 0 saturated heterocycles.